The van der Waals surface area contributed by atoms with Crippen LogP contribution in [0.2, 0.25) is 0 Å². The number of amides is 1. The SMILES string of the molecule is CC(C)[C@H](C)NC(=O)CCC=O. The van der Waals surface area contributed by atoms with Crippen LogP contribution < -0.4 is 5.32 Å². The summed E-state index contributed by atoms with van der Waals surface area (Å²) >= 11 is 0. The van der Waals surface area contributed by atoms with Gasteiger partial charge < -0.3 is 10.1 Å². The van der Waals surface area contributed by atoms with E-state index in [-0.39, 0.29) is 11.9 Å². The third-order valence-corrected chi connectivity index (χ3v) is 1.88. The van der Waals surface area contributed by atoms with E-state index in [0.29, 0.717) is 18.8 Å². The molecule has 3 nitrogen and oxygen atoms in total. The lowest BCUT2D eigenvalue weighted by atomic mass is 10.1. The fourth-order valence-electron chi connectivity index (χ4n) is 0.683. The summed E-state index contributed by atoms with van der Waals surface area (Å²) in [4.78, 5) is 21.0. The number of carbonyl (C=O) groups is 2. The first kappa shape index (κ1) is 11.1. The average molecular weight is 171 g/mol. The highest BCUT2D eigenvalue weighted by Crippen LogP contribution is 2.00. The molecule has 0 unspecified atom stereocenters. The van der Waals surface area contributed by atoms with E-state index >= 15 is 0 Å². The van der Waals surface area contributed by atoms with Gasteiger partial charge in [-0.25, -0.2) is 0 Å². The Hall–Kier alpha value is -0.860. The van der Waals surface area contributed by atoms with E-state index in [1.165, 1.54) is 0 Å². The third-order valence-electron chi connectivity index (χ3n) is 1.88. The van der Waals surface area contributed by atoms with Crippen LogP contribution in [0.1, 0.15) is 33.6 Å². The van der Waals surface area contributed by atoms with Crippen molar-refractivity contribution in [3.63, 3.8) is 0 Å². The highest BCUT2D eigenvalue weighted by Gasteiger charge is 2.09. The summed E-state index contributed by atoms with van der Waals surface area (Å²) in [6, 6.07) is 0.184. The van der Waals surface area contributed by atoms with Crippen molar-refractivity contribution in [2.75, 3.05) is 0 Å². The number of hydrogen-bond donors (Lipinski definition) is 1. The molecule has 0 saturated heterocycles. The summed E-state index contributed by atoms with van der Waals surface area (Å²) in [6.07, 6.45) is 1.39. The van der Waals surface area contributed by atoms with Gasteiger partial charge in [-0.05, 0) is 12.8 Å². The van der Waals surface area contributed by atoms with E-state index < -0.39 is 0 Å². The molecule has 0 aliphatic heterocycles. The molecule has 0 rings (SSSR count). The first-order valence-electron chi connectivity index (χ1n) is 4.31. The minimum atomic E-state index is -0.0386. The van der Waals surface area contributed by atoms with Crippen LogP contribution in [0.5, 0.6) is 0 Å². The highest BCUT2D eigenvalue weighted by molar-refractivity contribution is 5.78. The zero-order valence-corrected chi connectivity index (χ0v) is 7.96. The molecule has 1 N–H and O–H groups in total. The van der Waals surface area contributed by atoms with Crippen molar-refractivity contribution in [3.8, 4) is 0 Å². The van der Waals surface area contributed by atoms with Gasteiger partial charge in [-0.3, -0.25) is 4.79 Å². The molecule has 1 atom stereocenters. The summed E-state index contributed by atoms with van der Waals surface area (Å²) < 4.78 is 0. The van der Waals surface area contributed by atoms with Gasteiger partial charge in [0.05, 0.1) is 0 Å². The van der Waals surface area contributed by atoms with E-state index in [1.807, 2.05) is 20.8 Å². The first-order valence-corrected chi connectivity index (χ1v) is 4.31. The molecule has 0 aliphatic rings. The zero-order chi connectivity index (χ0) is 9.56. The average Bonchev–Trinajstić information content (AvgIpc) is 2.00. The van der Waals surface area contributed by atoms with Gasteiger partial charge in [0.15, 0.2) is 0 Å². The normalized spacial score (nSPS) is 12.7. The largest absolute Gasteiger partial charge is 0.353 e. The van der Waals surface area contributed by atoms with E-state index in [0.717, 1.165) is 6.29 Å². The predicted octanol–water partition coefficient (Wildman–Crippen LogP) is 1.13. The molecule has 0 fully saturated rings. The summed E-state index contributed by atoms with van der Waals surface area (Å²) in [6.45, 7) is 6.05. The van der Waals surface area contributed by atoms with Gasteiger partial charge in [0, 0.05) is 18.9 Å². The van der Waals surface area contributed by atoms with Crippen LogP contribution >= 0.6 is 0 Å². The maximum absolute atomic E-state index is 11.0. The second-order valence-corrected chi connectivity index (χ2v) is 3.31. The van der Waals surface area contributed by atoms with Crippen LogP contribution in [0.15, 0.2) is 0 Å². The number of rotatable bonds is 5. The van der Waals surface area contributed by atoms with Gasteiger partial charge in [0.2, 0.25) is 5.91 Å². The Bertz CT molecular complexity index is 155. The zero-order valence-electron chi connectivity index (χ0n) is 7.96. The van der Waals surface area contributed by atoms with Crippen LogP contribution in [-0.2, 0) is 9.59 Å². The van der Waals surface area contributed by atoms with Crippen LogP contribution in [0.3, 0.4) is 0 Å². The minimum absolute atomic E-state index is 0.0386. The fourth-order valence-corrected chi connectivity index (χ4v) is 0.683. The molecule has 0 bridgehead atoms. The van der Waals surface area contributed by atoms with Crippen LogP contribution in [-0.4, -0.2) is 18.2 Å². The molecule has 0 aliphatic carbocycles. The molecule has 0 aromatic heterocycles. The predicted molar refractivity (Wildman–Crippen MR) is 47.7 cm³/mol. The van der Waals surface area contributed by atoms with E-state index in [2.05, 4.69) is 5.32 Å². The first-order chi connectivity index (χ1) is 5.57. The maximum atomic E-state index is 11.0. The van der Waals surface area contributed by atoms with Crippen molar-refractivity contribution < 1.29 is 9.59 Å². The topological polar surface area (TPSA) is 46.2 Å². The molecule has 12 heavy (non-hydrogen) atoms. The lowest BCUT2D eigenvalue weighted by Crippen LogP contribution is -2.35. The Morgan fingerprint density at radius 3 is 2.42 bits per heavy atom. The smallest absolute Gasteiger partial charge is 0.220 e. The summed E-state index contributed by atoms with van der Waals surface area (Å²) in [5, 5.41) is 2.82. The molecule has 70 valence electrons. The molecule has 0 aromatic carbocycles. The van der Waals surface area contributed by atoms with E-state index in [1.54, 1.807) is 0 Å². The lowest BCUT2D eigenvalue weighted by molar-refractivity contribution is -0.123. The quantitative estimate of drug-likeness (QED) is 0.630. The summed E-state index contributed by atoms with van der Waals surface area (Å²) in [5.41, 5.74) is 0. The minimum Gasteiger partial charge on any atom is -0.353 e. The van der Waals surface area contributed by atoms with Crippen molar-refractivity contribution in [3.05, 3.63) is 0 Å². The molecule has 0 aromatic rings. The fraction of sp³-hybridized carbons (Fsp3) is 0.778. The number of aldehydes is 1. The van der Waals surface area contributed by atoms with Gasteiger partial charge in [-0.15, -0.1) is 0 Å². The molecule has 0 heterocycles. The monoisotopic (exact) mass is 171 g/mol. The van der Waals surface area contributed by atoms with Gasteiger partial charge in [0.25, 0.3) is 0 Å². The molecular weight excluding hydrogens is 154 g/mol. The van der Waals surface area contributed by atoms with Crippen LogP contribution in [0.4, 0.5) is 0 Å². The Balaban J connectivity index is 3.61. The standard InChI is InChI=1S/C9H17NO2/c1-7(2)8(3)10-9(12)5-4-6-11/h6-8H,4-5H2,1-3H3,(H,10,12)/t8-/m0/s1. The highest BCUT2D eigenvalue weighted by atomic mass is 16.1. The van der Waals surface area contributed by atoms with Gasteiger partial charge in [-0.1, -0.05) is 13.8 Å². The Morgan fingerprint density at radius 2 is 2.00 bits per heavy atom. The Labute approximate surface area is 73.5 Å². The van der Waals surface area contributed by atoms with E-state index in [9.17, 15) is 9.59 Å². The third kappa shape index (κ3) is 4.88. The molecule has 0 spiro atoms. The molecule has 0 radical (unpaired) electrons. The molecule has 0 saturated carbocycles. The summed E-state index contributed by atoms with van der Waals surface area (Å²) in [5.74, 6) is 0.397. The van der Waals surface area contributed by atoms with Crippen molar-refractivity contribution in [1.29, 1.82) is 0 Å². The van der Waals surface area contributed by atoms with Crippen molar-refractivity contribution in [2.24, 2.45) is 5.92 Å². The number of hydrogen-bond acceptors (Lipinski definition) is 2. The lowest BCUT2D eigenvalue weighted by Gasteiger charge is -2.16. The Kier molecular flexibility index (Phi) is 5.34. The van der Waals surface area contributed by atoms with Gasteiger partial charge in [-0.2, -0.15) is 0 Å². The van der Waals surface area contributed by atoms with Crippen LogP contribution in [0, 0.1) is 5.92 Å². The van der Waals surface area contributed by atoms with E-state index in [4.69, 9.17) is 0 Å². The van der Waals surface area contributed by atoms with Crippen molar-refractivity contribution in [2.45, 2.75) is 39.7 Å². The summed E-state index contributed by atoms with van der Waals surface area (Å²) in [7, 11) is 0. The molecular formula is C9H17NO2. The number of carbonyl (C=O) groups excluding carboxylic acids is 2. The van der Waals surface area contributed by atoms with Gasteiger partial charge >= 0.3 is 0 Å². The van der Waals surface area contributed by atoms with Crippen molar-refractivity contribution >= 4 is 12.2 Å². The van der Waals surface area contributed by atoms with Crippen LogP contribution in [0.25, 0.3) is 0 Å². The second-order valence-electron chi connectivity index (χ2n) is 3.31. The second kappa shape index (κ2) is 5.75. The number of nitrogens with one attached hydrogen (secondary N) is 1. The molecule has 1 amide bonds. The Morgan fingerprint density at radius 1 is 1.42 bits per heavy atom. The maximum Gasteiger partial charge on any atom is 0.220 e. The molecule has 3 heteroatoms. The van der Waals surface area contributed by atoms with Gasteiger partial charge in [0.1, 0.15) is 6.29 Å². The van der Waals surface area contributed by atoms with Crippen molar-refractivity contribution in [1.82, 2.24) is 5.32 Å².